The summed E-state index contributed by atoms with van der Waals surface area (Å²) < 4.78 is 84.0. The molecule has 1 aliphatic rings. The third-order valence-electron chi connectivity index (χ3n) is 8.34. The van der Waals surface area contributed by atoms with Gasteiger partial charge in [0.2, 0.25) is 0 Å². The molecular formula is C35H39F6NO2. The van der Waals surface area contributed by atoms with Gasteiger partial charge < -0.3 is 4.74 Å². The number of hydrogen-bond acceptors (Lipinski definition) is 3. The van der Waals surface area contributed by atoms with Crippen LogP contribution in [0.15, 0.2) is 66.7 Å². The lowest BCUT2D eigenvalue weighted by Gasteiger charge is -2.33. The Balaban J connectivity index is 1.59. The number of nitrogens with zero attached hydrogens (tertiary/aromatic N) is 1. The highest BCUT2D eigenvalue weighted by molar-refractivity contribution is 5.79. The minimum absolute atomic E-state index is 0.158. The highest BCUT2D eigenvalue weighted by atomic mass is 19.4. The zero-order valence-corrected chi connectivity index (χ0v) is 25.1. The topological polar surface area (TPSA) is 29.5 Å². The molecule has 0 saturated carbocycles. The first-order valence-corrected chi connectivity index (χ1v) is 15.3. The first-order chi connectivity index (χ1) is 20.9. The van der Waals surface area contributed by atoms with Crippen LogP contribution >= 0.6 is 0 Å². The summed E-state index contributed by atoms with van der Waals surface area (Å²) in [6.45, 7) is 6.14. The summed E-state index contributed by atoms with van der Waals surface area (Å²) in [5.41, 5.74) is 2.64. The van der Waals surface area contributed by atoms with E-state index >= 15 is 0 Å². The van der Waals surface area contributed by atoms with Gasteiger partial charge in [-0.25, -0.2) is 0 Å². The molecule has 9 heteroatoms. The molecule has 44 heavy (non-hydrogen) atoms. The maximum Gasteiger partial charge on any atom is 0.416 e. The van der Waals surface area contributed by atoms with Crippen LogP contribution in [0.4, 0.5) is 26.3 Å². The number of ether oxygens (including phenoxy) is 1. The van der Waals surface area contributed by atoms with Crippen LogP contribution in [-0.4, -0.2) is 30.6 Å². The van der Waals surface area contributed by atoms with Crippen LogP contribution in [0, 0.1) is 0 Å². The number of benzene rings is 3. The third kappa shape index (κ3) is 8.87. The lowest BCUT2D eigenvalue weighted by molar-refractivity contribution is -0.145. The molecule has 238 valence electrons. The number of piperidine rings is 1. The van der Waals surface area contributed by atoms with E-state index in [1.165, 1.54) is 24.3 Å². The Bertz CT molecular complexity index is 1360. The Morgan fingerprint density at radius 3 is 1.95 bits per heavy atom. The van der Waals surface area contributed by atoms with Crippen molar-refractivity contribution in [1.82, 2.24) is 4.90 Å². The van der Waals surface area contributed by atoms with Crippen LogP contribution < -0.4 is 0 Å². The van der Waals surface area contributed by atoms with E-state index in [0.29, 0.717) is 18.5 Å². The molecule has 1 atom stereocenters. The summed E-state index contributed by atoms with van der Waals surface area (Å²) in [5.74, 6) is -0.620. The van der Waals surface area contributed by atoms with E-state index in [0.717, 1.165) is 91.7 Å². The number of rotatable bonds is 11. The molecule has 3 aromatic carbocycles. The fraction of sp³-hybridized carbons (Fsp3) is 0.457. The molecule has 1 unspecified atom stereocenters. The van der Waals surface area contributed by atoms with E-state index in [9.17, 15) is 31.1 Å². The van der Waals surface area contributed by atoms with Crippen molar-refractivity contribution in [3.05, 3.63) is 94.5 Å². The minimum Gasteiger partial charge on any atom is -0.466 e. The summed E-state index contributed by atoms with van der Waals surface area (Å²) in [5, 5.41) is 0. The van der Waals surface area contributed by atoms with Crippen LogP contribution in [0.1, 0.15) is 92.0 Å². The second-order valence-electron chi connectivity index (χ2n) is 11.5. The fourth-order valence-corrected chi connectivity index (χ4v) is 5.88. The largest absolute Gasteiger partial charge is 0.466 e. The quantitative estimate of drug-likeness (QED) is 0.122. The molecule has 0 spiro atoms. The summed E-state index contributed by atoms with van der Waals surface area (Å²) in [4.78, 5) is 15.3. The summed E-state index contributed by atoms with van der Waals surface area (Å²) in [7, 11) is 0. The molecule has 0 N–H and O–H groups in total. The second-order valence-corrected chi connectivity index (χ2v) is 11.5. The molecule has 4 rings (SSSR count). The Hall–Kier alpha value is -3.33. The molecule has 0 aliphatic carbocycles. The van der Waals surface area contributed by atoms with E-state index in [4.69, 9.17) is 4.74 Å². The van der Waals surface area contributed by atoms with E-state index in [1.807, 2.05) is 12.1 Å². The molecule has 3 nitrogen and oxygen atoms in total. The SMILES string of the molecule is CCCCCC(C(=O)OCC)c1cc(-c2ccc(C(F)(F)F)cc2)cc(C2CCN(Cc3ccc(C(F)(F)F)cc3)CC2)c1. The number of alkyl halides is 6. The molecule has 3 aromatic rings. The predicted octanol–water partition coefficient (Wildman–Crippen LogP) is 10.00. The Morgan fingerprint density at radius 2 is 1.41 bits per heavy atom. The lowest BCUT2D eigenvalue weighted by atomic mass is 9.83. The zero-order valence-electron chi connectivity index (χ0n) is 25.1. The van der Waals surface area contributed by atoms with Gasteiger partial charge in [-0.2, -0.15) is 26.3 Å². The zero-order chi connectivity index (χ0) is 31.9. The molecule has 1 saturated heterocycles. The molecule has 0 aromatic heterocycles. The van der Waals surface area contributed by atoms with Gasteiger partial charge in [-0.3, -0.25) is 9.69 Å². The van der Waals surface area contributed by atoms with Crippen molar-refractivity contribution in [2.24, 2.45) is 0 Å². The Kier molecular flexibility index (Phi) is 11.2. The lowest BCUT2D eigenvalue weighted by Crippen LogP contribution is -2.32. The van der Waals surface area contributed by atoms with E-state index in [2.05, 4.69) is 17.9 Å². The maximum absolute atomic E-state index is 13.2. The summed E-state index contributed by atoms with van der Waals surface area (Å²) >= 11 is 0. The van der Waals surface area contributed by atoms with Gasteiger partial charge in [-0.15, -0.1) is 0 Å². The van der Waals surface area contributed by atoms with E-state index in [-0.39, 0.29) is 18.5 Å². The Morgan fingerprint density at radius 1 is 0.818 bits per heavy atom. The number of carbonyl (C=O) groups excluding carboxylic acids is 1. The number of hydrogen-bond donors (Lipinski definition) is 0. The second kappa shape index (κ2) is 14.6. The highest BCUT2D eigenvalue weighted by Crippen LogP contribution is 2.37. The van der Waals surface area contributed by atoms with Gasteiger partial charge >= 0.3 is 18.3 Å². The van der Waals surface area contributed by atoms with Crippen molar-refractivity contribution in [1.29, 1.82) is 0 Å². The molecular weight excluding hydrogens is 580 g/mol. The number of likely N-dealkylation sites (tertiary alicyclic amines) is 1. The van der Waals surface area contributed by atoms with Crippen molar-refractivity contribution < 1.29 is 35.9 Å². The smallest absolute Gasteiger partial charge is 0.416 e. The van der Waals surface area contributed by atoms with Crippen LogP contribution in [0.5, 0.6) is 0 Å². The molecule has 1 fully saturated rings. The number of unbranched alkanes of at least 4 members (excludes halogenated alkanes) is 2. The Labute approximate surface area is 255 Å². The molecule has 1 heterocycles. The van der Waals surface area contributed by atoms with E-state index in [1.54, 1.807) is 6.92 Å². The monoisotopic (exact) mass is 619 g/mol. The van der Waals surface area contributed by atoms with Gasteiger partial charge in [0.25, 0.3) is 0 Å². The molecule has 1 aliphatic heterocycles. The van der Waals surface area contributed by atoms with Gasteiger partial charge in [0.15, 0.2) is 0 Å². The maximum atomic E-state index is 13.2. The van der Waals surface area contributed by atoms with Gasteiger partial charge in [0.05, 0.1) is 23.7 Å². The summed E-state index contributed by atoms with van der Waals surface area (Å²) in [6.07, 6.45) is -3.76. The van der Waals surface area contributed by atoms with Gasteiger partial charge in [0.1, 0.15) is 0 Å². The average molecular weight is 620 g/mol. The number of carbonyl (C=O) groups is 1. The van der Waals surface area contributed by atoms with Crippen LogP contribution in [0.3, 0.4) is 0 Å². The standard InChI is InChI=1S/C35H39F6NO2/c1-3-5-6-7-32(33(43)44-4-2)29-21-27(25-10-14-31(15-11-25)35(39,40)41)20-28(22-29)26-16-18-42(19-17-26)23-24-8-12-30(13-9-24)34(36,37)38/h8-15,20-22,26,32H,3-7,16-19,23H2,1-2H3. The van der Waals surface area contributed by atoms with Crippen molar-refractivity contribution in [2.75, 3.05) is 19.7 Å². The van der Waals surface area contributed by atoms with Crippen molar-refractivity contribution >= 4 is 5.97 Å². The van der Waals surface area contributed by atoms with Crippen molar-refractivity contribution in [2.45, 2.75) is 83.1 Å². The first kappa shape index (κ1) is 33.6. The van der Waals surface area contributed by atoms with Crippen LogP contribution in [0.2, 0.25) is 0 Å². The predicted molar refractivity (Wildman–Crippen MR) is 159 cm³/mol. The van der Waals surface area contributed by atoms with Crippen LogP contribution in [-0.2, 0) is 28.4 Å². The normalized spacial score (nSPS) is 15.7. The number of esters is 1. The fourth-order valence-electron chi connectivity index (χ4n) is 5.88. The van der Waals surface area contributed by atoms with Crippen molar-refractivity contribution in [3.8, 4) is 11.1 Å². The van der Waals surface area contributed by atoms with Gasteiger partial charge in [-0.1, -0.05) is 68.7 Å². The third-order valence-corrected chi connectivity index (χ3v) is 8.34. The first-order valence-electron chi connectivity index (χ1n) is 15.3. The number of halogens is 6. The average Bonchev–Trinajstić information content (AvgIpc) is 2.99. The van der Waals surface area contributed by atoms with Crippen molar-refractivity contribution in [3.63, 3.8) is 0 Å². The highest BCUT2D eigenvalue weighted by Gasteiger charge is 2.31. The van der Waals surface area contributed by atoms with Crippen LogP contribution in [0.25, 0.3) is 11.1 Å². The minimum atomic E-state index is -4.44. The molecule has 0 amide bonds. The molecule has 0 bridgehead atoms. The van der Waals surface area contributed by atoms with Gasteiger partial charge in [0, 0.05) is 6.54 Å². The van der Waals surface area contributed by atoms with Gasteiger partial charge in [-0.05, 0) is 97.3 Å². The molecule has 0 radical (unpaired) electrons. The van der Waals surface area contributed by atoms with E-state index < -0.39 is 29.4 Å². The summed E-state index contributed by atoms with van der Waals surface area (Å²) in [6, 6.07) is 16.3.